The highest BCUT2D eigenvalue weighted by Crippen LogP contribution is 2.38. The summed E-state index contributed by atoms with van der Waals surface area (Å²) in [4.78, 5) is 54.4. The second-order valence-corrected chi connectivity index (χ2v) is 9.72. The molecule has 0 bridgehead atoms. The molecule has 1 saturated carbocycles. The number of carbonyl (C=O) groups excluding carboxylic acids is 4. The fourth-order valence-corrected chi connectivity index (χ4v) is 5.47. The maximum atomic E-state index is 12.9. The highest BCUT2D eigenvalue weighted by atomic mass is 16.2. The van der Waals surface area contributed by atoms with E-state index in [9.17, 15) is 19.2 Å². The molecule has 3 fully saturated rings. The lowest BCUT2D eigenvalue weighted by Crippen LogP contribution is -2.45. The monoisotopic (exact) mass is 468 g/mol. The lowest BCUT2D eigenvalue weighted by Gasteiger charge is -2.21. The van der Waals surface area contributed by atoms with E-state index in [0.29, 0.717) is 12.1 Å². The first-order chi connectivity index (χ1) is 16.5. The van der Waals surface area contributed by atoms with E-state index in [1.54, 1.807) is 0 Å². The Balaban J connectivity index is 1.31. The molecule has 0 aromatic heterocycles. The predicted octanol–water partition coefficient (Wildman–Crippen LogP) is 3.08. The summed E-state index contributed by atoms with van der Waals surface area (Å²) in [5.74, 6) is -1.27. The molecule has 8 nitrogen and oxygen atoms in total. The fourth-order valence-electron chi connectivity index (χ4n) is 5.47. The lowest BCUT2D eigenvalue weighted by molar-refractivity contribution is -0.140. The maximum Gasteiger partial charge on any atom is 0.246 e. The second kappa shape index (κ2) is 11.0. The topological polar surface area (TPSA) is 98.8 Å². The van der Waals surface area contributed by atoms with Crippen LogP contribution in [0, 0.1) is 11.8 Å². The van der Waals surface area contributed by atoms with Gasteiger partial charge in [0.2, 0.25) is 23.6 Å². The Labute approximate surface area is 201 Å². The minimum atomic E-state index is -0.666. The number of anilines is 2. The van der Waals surface area contributed by atoms with Crippen LogP contribution in [0.2, 0.25) is 0 Å². The first-order valence-electron chi connectivity index (χ1n) is 12.8. The summed E-state index contributed by atoms with van der Waals surface area (Å²) in [7, 11) is 0. The number of fused-ring (bicyclic) bond motifs is 1. The summed E-state index contributed by atoms with van der Waals surface area (Å²) in [6, 6.07) is 7.13. The summed E-state index contributed by atoms with van der Waals surface area (Å²) in [6.45, 7) is 4.09. The van der Waals surface area contributed by atoms with Crippen LogP contribution in [0.4, 0.5) is 11.4 Å². The van der Waals surface area contributed by atoms with Crippen LogP contribution in [0.3, 0.4) is 0 Å². The molecule has 4 amide bonds. The average Bonchev–Trinajstić information content (AvgIpc) is 3.46. The molecule has 3 unspecified atom stereocenters. The minimum Gasteiger partial charge on any atom is -0.371 e. The van der Waals surface area contributed by atoms with Gasteiger partial charge in [0.25, 0.3) is 0 Å². The zero-order valence-electron chi connectivity index (χ0n) is 20.1. The van der Waals surface area contributed by atoms with E-state index in [2.05, 4.69) is 15.5 Å². The van der Waals surface area contributed by atoms with Crippen molar-refractivity contribution in [3.63, 3.8) is 0 Å². The zero-order chi connectivity index (χ0) is 24.1. The van der Waals surface area contributed by atoms with Gasteiger partial charge < -0.3 is 15.5 Å². The van der Waals surface area contributed by atoms with Crippen molar-refractivity contribution in [3.05, 3.63) is 24.3 Å². The van der Waals surface area contributed by atoms with Gasteiger partial charge in [-0.15, -0.1) is 0 Å². The van der Waals surface area contributed by atoms with E-state index in [1.165, 1.54) is 17.7 Å². The molecule has 2 aliphatic heterocycles. The van der Waals surface area contributed by atoms with Crippen molar-refractivity contribution in [1.29, 1.82) is 0 Å². The Kier molecular flexibility index (Phi) is 7.85. The molecule has 0 radical (unpaired) electrons. The number of nitrogens with one attached hydrogen (secondary N) is 2. The highest BCUT2D eigenvalue weighted by Gasteiger charge is 2.47. The summed E-state index contributed by atoms with van der Waals surface area (Å²) in [5.41, 5.74) is 1.80. The van der Waals surface area contributed by atoms with E-state index < -0.39 is 6.04 Å². The number of likely N-dealkylation sites (tertiary alicyclic amines) is 1. The van der Waals surface area contributed by atoms with Gasteiger partial charge in [-0.1, -0.05) is 32.3 Å². The molecule has 1 aromatic carbocycles. The number of imide groups is 1. The number of hydrogen-bond donors (Lipinski definition) is 2. The van der Waals surface area contributed by atoms with Crippen LogP contribution in [-0.2, 0) is 19.2 Å². The summed E-state index contributed by atoms with van der Waals surface area (Å²) >= 11 is 0. The fraction of sp³-hybridized carbons (Fsp3) is 0.615. The maximum absolute atomic E-state index is 12.9. The molecule has 2 saturated heterocycles. The smallest absolute Gasteiger partial charge is 0.246 e. The van der Waals surface area contributed by atoms with E-state index in [0.717, 1.165) is 50.9 Å². The van der Waals surface area contributed by atoms with Crippen LogP contribution >= 0.6 is 0 Å². The SMILES string of the molecule is CCCC(NC(=O)CCN1C(=O)C2CCCCC2C1=O)C(=O)Nc1cccc(N2CCCC2)c1. The van der Waals surface area contributed by atoms with Crippen molar-refractivity contribution in [3.8, 4) is 0 Å². The first-order valence-corrected chi connectivity index (χ1v) is 12.8. The molecule has 2 N–H and O–H groups in total. The van der Waals surface area contributed by atoms with Crippen LogP contribution < -0.4 is 15.5 Å². The number of benzene rings is 1. The molecule has 3 aliphatic rings. The zero-order valence-corrected chi connectivity index (χ0v) is 20.1. The van der Waals surface area contributed by atoms with Crippen LogP contribution in [0.1, 0.15) is 64.7 Å². The summed E-state index contributed by atoms with van der Waals surface area (Å²) in [5, 5.41) is 5.76. The van der Waals surface area contributed by atoms with Gasteiger partial charge in [-0.05, 0) is 50.3 Å². The number of hydrogen-bond acceptors (Lipinski definition) is 5. The Morgan fingerprint density at radius 2 is 1.71 bits per heavy atom. The minimum absolute atomic E-state index is 0.00879. The molecule has 8 heteroatoms. The molecule has 2 heterocycles. The highest BCUT2D eigenvalue weighted by molar-refractivity contribution is 6.05. The first kappa shape index (κ1) is 24.2. The number of rotatable bonds is 9. The number of nitrogens with zero attached hydrogens (tertiary/aromatic N) is 2. The van der Waals surface area contributed by atoms with Crippen molar-refractivity contribution < 1.29 is 19.2 Å². The van der Waals surface area contributed by atoms with Crippen molar-refractivity contribution >= 4 is 35.0 Å². The Morgan fingerprint density at radius 1 is 1.03 bits per heavy atom. The standard InChI is InChI=1S/C26H36N4O4/c1-2-8-22(24(32)27-18-9-7-10-19(17-18)29-14-5-6-15-29)28-23(31)13-16-30-25(33)20-11-3-4-12-21(20)26(30)34/h7,9-10,17,20-22H,2-6,8,11-16H2,1H3,(H,27,32)(H,28,31). The van der Waals surface area contributed by atoms with Gasteiger partial charge in [-0.2, -0.15) is 0 Å². The van der Waals surface area contributed by atoms with Gasteiger partial charge in [-0.3, -0.25) is 24.1 Å². The van der Waals surface area contributed by atoms with Gasteiger partial charge in [0.1, 0.15) is 6.04 Å². The van der Waals surface area contributed by atoms with Crippen molar-refractivity contribution in [2.75, 3.05) is 29.9 Å². The van der Waals surface area contributed by atoms with Gasteiger partial charge in [0.15, 0.2) is 0 Å². The third-order valence-electron chi connectivity index (χ3n) is 7.31. The van der Waals surface area contributed by atoms with Crippen LogP contribution in [0.15, 0.2) is 24.3 Å². The molecular formula is C26H36N4O4. The van der Waals surface area contributed by atoms with E-state index in [4.69, 9.17) is 0 Å². The molecule has 34 heavy (non-hydrogen) atoms. The quantitative estimate of drug-likeness (QED) is 0.543. The molecule has 184 valence electrons. The second-order valence-electron chi connectivity index (χ2n) is 9.72. The van der Waals surface area contributed by atoms with Gasteiger partial charge in [0, 0.05) is 37.4 Å². The van der Waals surface area contributed by atoms with E-state index >= 15 is 0 Å². The lowest BCUT2D eigenvalue weighted by atomic mass is 9.81. The average molecular weight is 469 g/mol. The van der Waals surface area contributed by atoms with Gasteiger partial charge >= 0.3 is 0 Å². The Bertz CT molecular complexity index is 903. The third-order valence-corrected chi connectivity index (χ3v) is 7.31. The van der Waals surface area contributed by atoms with Crippen molar-refractivity contribution in [1.82, 2.24) is 10.2 Å². The predicted molar refractivity (Wildman–Crippen MR) is 130 cm³/mol. The normalized spacial score (nSPS) is 23.1. The summed E-state index contributed by atoms with van der Waals surface area (Å²) < 4.78 is 0. The number of amides is 4. The molecule has 0 spiro atoms. The van der Waals surface area contributed by atoms with E-state index in [1.807, 2.05) is 31.2 Å². The van der Waals surface area contributed by atoms with Crippen molar-refractivity contribution in [2.24, 2.45) is 11.8 Å². The molecule has 4 rings (SSSR count). The molecular weight excluding hydrogens is 432 g/mol. The Morgan fingerprint density at radius 3 is 2.35 bits per heavy atom. The van der Waals surface area contributed by atoms with Crippen LogP contribution in [0.5, 0.6) is 0 Å². The van der Waals surface area contributed by atoms with Crippen LogP contribution in [0.25, 0.3) is 0 Å². The van der Waals surface area contributed by atoms with Gasteiger partial charge in [0.05, 0.1) is 11.8 Å². The van der Waals surface area contributed by atoms with E-state index in [-0.39, 0.29) is 48.4 Å². The Hall–Kier alpha value is -2.90. The third kappa shape index (κ3) is 5.42. The number of carbonyl (C=O) groups is 4. The largest absolute Gasteiger partial charge is 0.371 e. The summed E-state index contributed by atoms with van der Waals surface area (Å²) in [6.07, 6.45) is 7.08. The van der Waals surface area contributed by atoms with Gasteiger partial charge in [-0.25, -0.2) is 0 Å². The molecule has 1 aliphatic carbocycles. The molecule has 3 atom stereocenters. The van der Waals surface area contributed by atoms with Crippen LogP contribution in [-0.4, -0.2) is 54.2 Å². The molecule has 1 aromatic rings. The van der Waals surface area contributed by atoms with Crippen molar-refractivity contribution in [2.45, 2.75) is 70.8 Å².